The third kappa shape index (κ3) is 4.86. The van der Waals surface area contributed by atoms with Gasteiger partial charge in [-0.2, -0.15) is 5.10 Å². The number of nitrogens with one attached hydrogen (secondary N) is 1. The minimum atomic E-state index is -0.423. The van der Waals surface area contributed by atoms with Crippen LogP contribution in [-0.2, 0) is 11.3 Å². The number of nitrogen functional groups attached to an aromatic ring is 1. The van der Waals surface area contributed by atoms with E-state index in [2.05, 4.69) is 64.5 Å². The molecule has 1 aromatic carbocycles. The van der Waals surface area contributed by atoms with Gasteiger partial charge in [0, 0.05) is 10.0 Å². The normalized spacial score (nSPS) is 10.8. The molecule has 0 saturated carbocycles. The third-order valence-corrected chi connectivity index (χ3v) is 3.68. The molecular weight excluding hydrogens is 446 g/mol. The Kier molecular flexibility index (Phi) is 6.44. The van der Waals surface area contributed by atoms with Gasteiger partial charge in [-0.05, 0) is 38.5 Å². The SMILES string of the molecule is C=CCOc1c(Br)cc(Br)cc1/C=N\NC(=O)Cn1nnnc1N. The van der Waals surface area contributed by atoms with Crippen LogP contribution in [-0.4, -0.2) is 38.9 Å². The highest BCUT2D eigenvalue weighted by Gasteiger charge is 2.10. The van der Waals surface area contributed by atoms with Gasteiger partial charge in [0.2, 0.25) is 5.95 Å². The zero-order valence-electron chi connectivity index (χ0n) is 12.3. The van der Waals surface area contributed by atoms with Crippen LogP contribution in [0.3, 0.4) is 0 Å². The van der Waals surface area contributed by atoms with E-state index < -0.39 is 5.91 Å². The van der Waals surface area contributed by atoms with Crippen molar-refractivity contribution in [3.8, 4) is 5.75 Å². The summed E-state index contributed by atoms with van der Waals surface area (Å²) in [4.78, 5) is 11.8. The van der Waals surface area contributed by atoms with Gasteiger partial charge in [0.25, 0.3) is 5.91 Å². The Balaban J connectivity index is 2.06. The van der Waals surface area contributed by atoms with E-state index in [1.165, 1.54) is 6.21 Å². The number of nitrogens with zero attached hydrogens (tertiary/aromatic N) is 5. The highest BCUT2D eigenvalue weighted by atomic mass is 79.9. The summed E-state index contributed by atoms with van der Waals surface area (Å²) in [5.41, 5.74) is 8.52. The lowest BCUT2D eigenvalue weighted by atomic mass is 10.2. The highest BCUT2D eigenvalue weighted by Crippen LogP contribution is 2.32. The first-order valence-electron chi connectivity index (χ1n) is 6.57. The predicted octanol–water partition coefficient (Wildman–Crippen LogP) is 1.50. The fraction of sp³-hybridized carbons (Fsp3) is 0.154. The molecule has 3 N–H and O–H groups in total. The maximum atomic E-state index is 11.8. The monoisotopic (exact) mass is 457 g/mol. The number of tetrazole rings is 1. The van der Waals surface area contributed by atoms with Crippen molar-refractivity contribution in [2.75, 3.05) is 12.3 Å². The Hall–Kier alpha value is -2.27. The molecule has 1 heterocycles. The second kappa shape index (κ2) is 8.55. The molecule has 1 amide bonds. The maximum absolute atomic E-state index is 11.8. The molecule has 2 aromatic rings. The van der Waals surface area contributed by atoms with Crippen molar-refractivity contribution in [2.45, 2.75) is 6.54 Å². The Morgan fingerprint density at radius 3 is 2.96 bits per heavy atom. The average Bonchev–Trinajstić information content (AvgIpc) is 2.91. The number of carbonyl (C=O) groups excluding carboxylic acids is 1. The fourth-order valence-corrected chi connectivity index (χ4v) is 3.01. The Bertz CT molecular complexity index is 776. The maximum Gasteiger partial charge on any atom is 0.261 e. The van der Waals surface area contributed by atoms with E-state index in [-0.39, 0.29) is 12.5 Å². The molecule has 24 heavy (non-hydrogen) atoms. The standard InChI is InChI=1S/C13H13Br2N7O2/c1-2-3-24-12-8(4-9(14)5-10(12)15)6-17-18-11(23)7-22-13(16)19-20-21-22/h2,4-6H,1,3,7H2,(H,18,23)(H2,16,19,21)/b17-6-. The number of halogens is 2. The van der Waals surface area contributed by atoms with Crippen LogP contribution in [0.2, 0.25) is 0 Å². The lowest BCUT2D eigenvalue weighted by Gasteiger charge is -2.10. The van der Waals surface area contributed by atoms with E-state index in [0.29, 0.717) is 17.9 Å². The molecule has 0 radical (unpaired) electrons. The first kappa shape index (κ1) is 18.1. The van der Waals surface area contributed by atoms with Crippen LogP contribution in [0.1, 0.15) is 5.56 Å². The number of hydrogen-bond acceptors (Lipinski definition) is 7. The Morgan fingerprint density at radius 2 is 2.29 bits per heavy atom. The number of amides is 1. The first-order valence-corrected chi connectivity index (χ1v) is 8.16. The van der Waals surface area contributed by atoms with Gasteiger partial charge in [0.1, 0.15) is 18.9 Å². The number of anilines is 1. The van der Waals surface area contributed by atoms with Crippen molar-refractivity contribution in [1.29, 1.82) is 0 Å². The minimum Gasteiger partial charge on any atom is -0.488 e. The molecule has 11 heteroatoms. The highest BCUT2D eigenvalue weighted by molar-refractivity contribution is 9.11. The quantitative estimate of drug-likeness (QED) is 0.368. The van der Waals surface area contributed by atoms with Crippen LogP contribution < -0.4 is 15.9 Å². The summed E-state index contributed by atoms with van der Waals surface area (Å²) >= 11 is 6.81. The summed E-state index contributed by atoms with van der Waals surface area (Å²) in [6.07, 6.45) is 3.10. The van der Waals surface area contributed by atoms with Crippen molar-refractivity contribution in [1.82, 2.24) is 25.6 Å². The number of ether oxygens (including phenoxy) is 1. The van der Waals surface area contributed by atoms with E-state index in [4.69, 9.17) is 10.5 Å². The molecule has 0 saturated heterocycles. The van der Waals surface area contributed by atoms with Gasteiger partial charge in [-0.15, -0.1) is 0 Å². The van der Waals surface area contributed by atoms with Crippen LogP contribution in [0.15, 0.2) is 38.8 Å². The van der Waals surface area contributed by atoms with Gasteiger partial charge in [-0.1, -0.05) is 33.7 Å². The smallest absolute Gasteiger partial charge is 0.261 e. The molecule has 0 fully saturated rings. The van der Waals surface area contributed by atoms with E-state index in [0.717, 1.165) is 13.6 Å². The summed E-state index contributed by atoms with van der Waals surface area (Å²) in [6, 6.07) is 3.65. The fourth-order valence-electron chi connectivity index (χ4n) is 1.64. The molecular formula is C13H13Br2N7O2. The predicted molar refractivity (Wildman–Crippen MR) is 95.5 cm³/mol. The van der Waals surface area contributed by atoms with Crippen molar-refractivity contribution in [3.05, 3.63) is 39.3 Å². The second-order valence-corrected chi connectivity index (χ2v) is 6.16. The molecule has 2 rings (SSSR count). The van der Waals surface area contributed by atoms with Gasteiger partial charge in [0.15, 0.2) is 0 Å². The number of nitrogens with two attached hydrogens (primary N) is 1. The topological polar surface area (TPSA) is 120 Å². The van der Waals surface area contributed by atoms with Gasteiger partial charge in [-0.3, -0.25) is 4.79 Å². The molecule has 0 aliphatic carbocycles. The van der Waals surface area contributed by atoms with Crippen LogP contribution in [0, 0.1) is 0 Å². The van der Waals surface area contributed by atoms with Crippen LogP contribution in [0.5, 0.6) is 5.75 Å². The number of hydrogen-bond donors (Lipinski definition) is 2. The van der Waals surface area contributed by atoms with Crippen molar-refractivity contribution >= 4 is 49.9 Å². The van der Waals surface area contributed by atoms with Gasteiger partial charge >= 0.3 is 0 Å². The number of rotatable bonds is 7. The first-order chi connectivity index (χ1) is 11.5. The number of hydrazone groups is 1. The zero-order valence-corrected chi connectivity index (χ0v) is 15.5. The summed E-state index contributed by atoms with van der Waals surface area (Å²) < 4.78 is 8.32. The lowest BCUT2D eigenvalue weighted by molar-refractivity contribution is -0.121. The van der Waals surface area contributed by atoms with Crippen molar-refractivity contribution in [3.63, 3.8) is 0 Å². The Labute approximate surface area is 154 Å². The number of benzene rings is 1. The molecule has 0 aliphatic heterocycles. The average molecular weight is 459 g/mol. The van der Waals surface area contributed by atoms with Crippen LogP contribution in [0.4, 0.5) is 5.95 Å². The van der Waals surface area contributed by atoms with E-state index in [1.807, 2.05) is 6.07 Å². The van der Waals surface area contributed by atoms with Gasteiger partial charge in [-0.25, -0.2) is 10.1 Å². The summed E-state index contributed by atoms with van der Waals surface area (Å²) in [7, 11) is 0. The lowest BCUT2D eigenvalue weighted by Crippen LogP contribution is -2.24. The molecule has 1 aromatic heterocycles. The van der Waals surface area contributed by atoms with Gasteiger partial charge in [0.05, 0.1) is 10.7 Å². The summed E-state index contributed by atoms with van der Waals surface area (Å²) in [6.45, 7) is 3.81. The molecule has 126 valence electrons. The van der Waals surface area contributed by atoms with Crippen LogP contribution in [0.25, 0.3) is 0 Å². The zero-order chi connectivity index (χ0) is 17.5. The molecule has 0 unspecified atom stereocenters. The third-order valence-electron chi connectivity index (χ3n) is 2.63. The van der Waals surface area contributed by atoms with Crippen molar-refractivity contribution in [2.24, 2.45) is 5.10 Å². The van der Waals surface area contributed by atoms with E-state index in [9.17, 15) is 4.79 Å². The largest absolute Gasteiger partial charge is 0.488 e. The second-order valence-electron chi connectivity index (χ2n) is 4.39. The van der Waals surface area contributed by atoms with Crippen LogP contribution >= 0.6 is 31.9 Å². The molecule has 0 spiro atoms. The van der Waals surface area contributed by atoms with Crippen molar-refractivity contribution < 1.29 is 9.53 Å². The number of aromatic nitrogens is 4. The summed E-state index contributed by atoms with van der Waals surface area (Å²) in [5, 5.41) is 14.3. The molecule has 0 bridgehead atoms. The van der Waals surface area contributed by atoms with E-state index in [1.54, 1.807) is 12.1 Å². The van der Waals surface area contributed by atoms with E-state index >= 15 is 0 Å². The summed E-state index contributed by atoms with van der Waals surface area (Å²) in [5.74, 6) is 0.207. The minimum absolute atomic E-state index is 0.0464. The molecule has 9 nitrogen and oxygen atoms in total. The number of carbonyl (C=O) groups is 1. The molecule has 0 atom stereocenters. The molecule has 0 aliphatic rings. The van der Waals surface area contributed by atoms with Gasteiger partial charge < -0.3 is 10.5 Å². The Morgan fingerprint density at radius 1 is 1.50 bits per heavy atom.